The zero-order chi connectivity index (χ0) is 14.3. The molecule has 0 atom stereocenters. The summed E-state index contributed by atoms with van der Waals surface area (Å²) in [7, 11) is 0. The van der Waals surface area contributed by atoms with E-state index in [1.54, 1.807) is 24.3 Å². The number of hydrogen-bond donors (Lipinski definition) is 1. The van der Waals surface area contributed by atoms with Crippen molar-refractivity contribution in [1.29, 1.82) is 0 Å². The van der Waals surface area contributed by atoms with Gasteiger partial charge in [-0.1, -0.05) is 12.1 Å². The lowest BCUT2D eigenvalue weighted by Crippen LogP contribution is -2.12. The average Bonchev–Trinajstić information content (AvgIpc) is 2.80. The number of rotatable bonds is 1. The second kappa shape index (κ2) is 4.19. The van der Waals surface area contributed by atoms with Crippen molar-refractivity contribution in [3.8, 4) is 5.82 Å². The van der Waals surface area contributed by atoms with Gasteiger partial charge in [-0.2, -0.15) is 18.2 Å². The molecular formula is C12H8F3N5. The topological polar surface area (TPSA) is 69.6 Å². The Labute approximate surface area is 110 Å². The summed E-state index contributed by atoms with van der Waals surface area (Å²) in [6.07, 6.45) is -3.19. The molecule has 0 saturated heterocycles. The van der Waals surface area contributed by atoms with Crippen molar-refractivity contribution >= 4 is 17.0 Å². The van der Waals surface area contributed by atoms with Gasteiger partial charge >= 0.3 is 6.18 Å². The number of nitrogens with zero attached hydrogens (tertiary/aromatic N) is 4. The molecule has 0 bridgehead atoms. The highest BCUT2D eigenvalue weighted by Gasteiger charge is 2.33. The largest absolute Gasteiger partial charge is 0.433 e. The summed E-state index contributed by atoms with van der Waals surface area (Å²) in [5.74, 6) is -0.411. The van der Waals surface area contributed by atoms with Gasteiger partial charge < -0.3 is 5.73 Å². The molecule has 0 aliphatic heterocycles. The summed E-state index contributed by atoms with van der Waals surface area (Å²) in [5.41, 5.74) is 5.55. The van der Waals surface area contributed by atoms with Crippen LogP contribution >= 0.6 is 0 Å². The van der Waals surface area contributed by atoms with Crippen LogP contribution in [0.4, 0.5) is 19.1 Å². The minimum Gasteiger partial charge on any atom is -0.368 e. The molecule has 3 rings (SSSR count). The Bertz CT molecular complexity index is 778. The maximum absolute atomic E-state index is 12.7. The van der Waals surface area contributed by atoms with E-state index in [4.69, 9.17) is 5.73 Å². The van der Waals surface area contributed by atoms with Crippen LogP contribution in [0.25, 0.3) is 16.9 Å². The molecule has 5 nitrogen and oxygen atoms in total. The van der Waals surface area contributed by atoms with Gasteiger partial charge in [-0.25, -0.2) is 9.97 Å². The van der Waals surface area contributed by atoms with Gasteiger partial charge in [0.05, 0.1) is 11.0 Å². The number of fused-ring (bicyclic) bond motifs is 1. The van der Waals surface area contributed by atoms with Gasteiger partial charge in [0.1, 0.15) is 12.1 Å². The first-order valence-electron chi connectivity index (χ1n) is 5.59. The van der Waals surface area contributed by atoms with Crippen LogP contribution in [0, 0.1) is 0 Å². The van der Waals surface area contributed by atoms with Crippen LogP contribution in [0.5, 0.6) is 0 Å². The SMILES string of the molecule is Nc1nc(-n2cnc3ccccc32)cc(C(F)(F)F)n1. The minimum absolute atomic E-state index is 0.0264. The van der Waals surface area contributed by atoms with Crippen molar-refractivity contribution in [3.05, 3.63) is 42.4 Å². The number of hydrogen-bond acceptors (Lipinski definition) is 4. The van der Waals surface area contributed by atoms with Crippen LogP contribution in [0.15, 0.2) is 36.7 Å². The number of alkyl halides is 3. The first-order chi connectivity index (χ1) is 9.45. The number of nitrogens with two attached hydrogens (primary N) is 1. The Morgan fingerprint density at radius 1 is 1.10 bits per heavy atom. The van der Waals surface area contributed by atoms with Crippen LogP contribution in [0.2, 0.25) is 0 Å². The molecule has 0 aliphatic rings. The van der Waals surface area contributed by atoms with Gasteiger partial charge in [0.15, 0.2) is 5.69 Å². The lowest BCUT2D eigenvalue weighted by atomic mass is 10.3. The molecule has 0 unspecified atom stereocenters. The summed E-state index contributed by atoms with van der Waals surface area (Å²) < 4.78 is 39.6. The van der Waals surface area contributed by atoms with Crippen molar-refractivity contribution in [2.24, 2.45) is 0 Å². The number of aromatic nitrogens is 4. The standard InChI is InChI=1S/C12H8F3N5/c13-12(14,15)9-5-10(19-11(16)18-9)20-6-17-7-3-1-2-4-8(7)20/h1-6H,(H2,16,18,19). The van der Waals surface area contributed by atoms with Gasteiger partial charge in [0, 0.05) is 6.07 Å². The molecular weight excluding hydrogens is 271 g/mol. The molecule has 8 heteroatoms. The van der Waals surface area contributed by atoms with Gasteiger partial charge in [-0.05, 0) is 12.1 Å². The Morgan fingerprint density at radius 3 is 2.60 bits per heavy atom. The molecule has 0 aliphatic carbocycles. The molecule has 2 N–H and O–H groups in total. The second-order valence-electron chi connectivity index (χ2n) is 4.07. The van der Waals surface area contributed by atoms with Crippen molar-refractivity contribution in [1.82, 2.24) is 19.5 Å². The maximum Gasteiger partial charge on any atom is 0.433 e. The second-order valence-corrected chi connectivity index (χ2v) is 4.07. The van der Waals surface area contributed by atoms with E-state index in [0.717, 1.165) is 6.07 Å². The highest BCUT2D eigenvalue weighted by atomic mass is 19.4. The predicted octanol–water partition coefficient (Wildman–Crippen LogP) is 2.42. The monoisotopic (exact) mass is 279 g/mol. The molecule has 0 amide bonds. The molecule has 2 aromatic heterocycles. The van der Waals surface area contributed by atoms with E-state index in [1.807, 2.05) is 0 Å². The lowest BCUT2D eigenvalue weighted by Gasteiger charge is -2.09. The lowest BCUT2D eigenvalue weighted by molar-refractivity contribution is -0.141. The fourth-order valence-corrected chi connectivity index (χ4v) is 1.86. The Kier molecular flexibility index (Phi) is 2.60. The number of imidazole rings is 1. The van der Waals surface area contributed by atoms with Gasteiger partial charge in [-0.3, -0.25) is 4.57 Å². The van der Waals surface area contributed by atoms with E-state index in [1.165, 1.54) is 10.9 Å². The number of benzene rings is 1. The molecule has 0 spiro atoms. The molecule has 102 valence electrons. The molecule has 3 aromatic rings. The van der Waals surface area contributed by atoms with Crippen LogP contribution in [-0.2, 0) is 6.18 Å². The van der Waals surface area contributed by atoms with E-state index >= 15 is 0 Å². The van der Waals surface area contributed by atoms with Crippen LogP contribution in [-0.4, -0.2) is 19.5 Å². The number of anilines is 1. The minimum atomic E-state index is -4.58. The first kappa shape index (κ1) is 12.4. The first-order valence-corrected chi connectivity index (χ1v) is 5.59. The Hall–Kier alpha value is -2.64. The van der Waals surface area contributed by atoms with Crippen molar-refractivity contribution < 1.29 is 13.2 Å². The van der Waals surface area contributed by atoms with Gasteiger partial charge in [0.25, 0.3) is 0 Å². The summed E-state index contributed by atoms with van der Waals surface area (Å²) in [6.45, 7) is 0. The third kappa shape index (κ3) is 2.04. The van der Waals surface area contributed by atoms with E-state index in [-0.39, 0.29) is 5.82 Å². The van der Waals surface area contributed by atoms with Crippen molar-refractivity contribution in [2.45, 2.75) is 6.18 Å². The highest BCUT2D eigenvalue weighted by Crippen LogP contribution is 2.29. The Morgan fingerprint density at radius 2 is 1.85 bits per heavy atom. The molecule has 20 heavy (non-hydrogen) atoms. The van der Waals surface area contributed by atoms with Crippen LogP contribution < -0.4 is 5.73 Å². The normalized spacial score (nSPS) is 11.9. The van der Waals surface area contributed by atoms with E-state index in [9.17, 15) is 13.2 Å². The molecule has 1 aromatic carbocycles. The third-order valence-electron chi connectivity index (χ3n) is 2.72. The Balaban J connectivity index is 2.22. The van der Waals surface area contributed by atoms with Gasteiger partial charge in [0.2, 0.25) is 5.95 Å². The van der Waals surface area contributed by atoms with Crippen LogP contribution in [0.3, 0.4) is 0 Å². The van der Waals surface area contributed by atoms with Crippen LogP contribution in [0.1, 0.15) is 5.69 Å². The molecule has 0 fully saturated rings. The zero-order valence-corrected chi connectivity index (χ0v) is 9.96. The van der Waals surface area contributed by atoms with Crippen molar-refractivity contribution in [2.75, 3.05) is 5.73 Å². The fraction of sp³-hybridized carbons (Fsp3) is 0.0833. The number of nitrogen functional groups attached to an aromatic ring is 1. The van der Waals surface area contributed by atoms with E-state index in [2.05, 4.69) is 15.0 Å². The maximum atomic E-state index is 12.7. The zero-order valence-electron chi connectivity index (χ0n) is 9.96. The third-order valence-corrected chi connectivity index (χ3v) is 2.72. The molecule has 2 heterocycles. The van der Waals surface area contributed by atoms with E-state index < -0.39 is 17.8 Å². The quantitative estimate of drug-likeness (QED) is 0.742. The summed E-state index contributed by atoms with van der Waals surface area (Å²) in [6, 6.07) is 7.87. The predicted molar refractivity (Wildman–Crippen MR) is 66.1 cm³/mol. The summed E-state index contributed by atoms with van der Waals surface area (Å²) >= 11 is 0. The smallest absolute Gasteiger partial charge is 0.368 e. The fourth-order valence-electron chi connectivity index (χ4n) is 1.86. The average molecular weight is 279 g/mol. The summed E-state index contributed by atoms with van der Waals surface area (Å²) in [5, 5.41) is 0. The van der Waals surface area contributed by atoms with E-state index in [0.29, 0.717) is 11.0 Å². The van der Waals surface area contributed by atoms with Gasteiger partial charge in [-0.15, -0.1) is 0 Å². The molecule has 0 radical (unpaired) electrons. The number of para-hydroxylation sites is 2. The van der Waals surface area contributed by atoms with Crippen molar-refractivity contribution in [3.63, 3.8) is 0 Å². The molecule has 0 saturated carbocycles. The summed E-state index contributed by atoms with van der Waals surface area (Å²) in [4.78, 5) is 11.1. The number of halogens is 3. The highest BCUT2D eigenvalue weighted by molar-refractivity contribution is 5.76.